The Labute approximate surface area is 136 Å². The first-order chi connectivity index (χ1) is 11.1. The van der Waals surface area contributed by atoms with Gasteiger partial charge in [-0.15, -0.1) is 0 Å². The first kappa shape index (κ1) is 16.0. The number of nitrogens with one attached hydrogen (secondary N) is 1. The fraction of sp³-hybridized carbons (Fsp3) is 0.500. The van der Waals surface area contributed by atoms with E-state index in [-0.39, 0.29) is 12.0 Å². The van der Waals surface area contributed by atoms with Crippen LogP contribution in [0, 0.1) is 0 Å². The van der Waals surface area contributed by atoms with E-state index in [4.69, 9.17) is 0 Å². The number of aryl methyl sites for hydroxylation is 1. The topological polar surface area (TPSA) is 57.5 Å². The van der Waals surface area contributed by atoms with Gasteiger partial charge in [0.05, 0.1) is 6.10 Å². The molecule has 0 saturated carbocycles. The summed E-state index contributed by atoms with van der Waals surface area (Å²) in [6.07, 6.45) is 2.54. The van der Waals surface area contributed by atoms with E-state index in [0.29, 0.717) is 12.2 Å². The van der Waals surface area contributed by atoms with Crippen molar-refractivity contribution in [2.75, 3.05) is 26.2 Å². The summed E-state index contributed by atoms with van der Waals surface area (Å²) in [6.45, 7) is 3.57. The van der Waals surface area contributed by atoms with E-state index in [0.717, 1.165) is 49.8 Å². The summed E-state index contributed by atoms with van der Waals surface area (Å²) >= 11 is 0. The van der Waals surface area contributed by atoms with Crippen LogP contribution in [0.4, 0.5) is 0 Å². The van der Waals surface area contributed by atoms with Crippen LogP contribution in [0.25, 0.3) is 10.9 Å². The van der Waals surface area contributed by atoms with Gasteiger partial charge in [-0.25, -0.2) is 0 Å². The summed E-state index contributed by atoms with van der Waals surface area (Å²) in [5, 5.41) is 13.6. The Morgan fingerprint density at radius 3 is 2.78 bits per heavy atom. The normalized spacial score (nSPS) is 16.8. The van der Waals surface area contributed by atoms with Crippen molar-refractivity contribution in [3.63, 3.8) is 0 Å². The first-order valence-corrected chi connectivity index (χ1v) is 8.38. The van der Waals surface area contributed by atoms with E-state index in [2.05, 4.69) is 10.2 Å². The van der Waals surface area contributed by atoms with Gasteiger partial charge in [0.1, 0.15) is 5.69 Å². The molecule has 0 spiro atoms. The van der Waals surface area contributed by atoms with Crippen LogP contribution in [0.5, 0.6) is 0 Å². The molecule has 0 unspecified atom stereocenters. The Hall–Kier alpha value is -1.85. The lowest BCUT2D eigenvalue weighted by atomic mass is 10.1. The molecule has 124 valence electrons. The number of amides is 1. The second-order valence-corrected chi connectivity index (χ2v) is 6.33. The number of likely N-dealkylation sites (tertiary alicyclic amines) is 1. The van der Waals surface area contributed by atoms with Crippen molar-refractivity contribution in [3.05, 3.63) is 36.0 Å². The third-order valence-electron chi connectivity index (χ3n) is 4.68. The summed E-state index contributed by atoms with van der Waals surface area (Å²) in [5.41, 5.74) is 1.77. The summed E-state index contributed by atoms with van der Waals surface area (Å²) in [4.78, 5) is 14.7. The third kappa shape index (κ3) is 3.74. The molecule has 1 fully saturated rings. The zero-order chi connectivity index (χ0) is 16.2. The quantitative estimate of drug-likeness (QED) is 0.827. The maximum atomic E-state index is 12.4. The van der Waals surface area contributed by atoms with Crippen LogP contribution in [-0.4, -0.2) is 52.8 Å². The summed E-state index contributed by atoms with van der Waals surface area (Å²) in [5.74, 6) is -0.0160. The fourth-order valence-electron chi connectivity index (χ4n) is 3.24. The van der Waals surface area contributed by atoms with Gasteiger partial charge in [-0.3, -0.25) is 4.79 Å². The second kappa shape index (κ2) is 7.15. The summed E-state index contributed by atoms with van der Waals surface area (Å²) in [6, 6.07) is 9.96. The van der Waals surface area contributed by atoms with Gasteiger partial charge in [0.15, 0.2) is 0 Å². The van der Waals surface area contributed by atoms with E-state index in [1.165, 1.54) is 0 Å². The van der Waals surface area contributed by atoms with Crippen molar-refractivity contribution < 1.29 is 9.90 Å². The molecule has 0 aliphatic carbocycles. The molecule has 3 rings (SSSR count). The third-order valence-corrected chi connectivity index (χ3v) is 4.68. The molecule has 1 amide bonds. The number of benzene rings is 1. The molecule has 0 radical (unpaired) electrons. The largest absolute Gasteiger partial charge is 0.393 e. The number of piperidine rings is 1. The van der Waals surface area contributed by atoms with E-state index in [1.54, 1.807) is 0 Å². The molecule has 23 heavy (non-hydrogen) atoms. The van der Waals surface area contributed by atoms with E-state index >= 15 is 0 Å². The van der Waals surface area contributed by atoms with Crippen molar-refractivity contribution in [3.8, 4) is 0 Å². The lowest BCUT2D eigenvalue weighted by Gasteiger charge is -2.29. The number of carbonyl (C=O) groups is 1. The minimum Gasteiger partial charge on any atom is -0.393 e. The number of aliphatic hydroxyl groups excluding tert-OH is 1. The van der Waals surface area contributed by atoms with Gasteiger partial charge in [0, 0.05) is 37.6 Å². The molecule has 2 heterocycles. The van der Waals surface area contributed by atoms with Crippen LogP contribution in [0.1, 0.15) is 29.8 Å². The molecule has 0 atom stereocenters. The predicted octanol–water partition coefficient (Wildman–Crippen LogP) is 1.75. The molecule has 1 aliphatic rings. The number of hydrogen-bond donors (Lipinski definition) is 2. The molecular formula is C18H25N3O2. The number of aromatic nitrogens is 1. The van der Waals surface area contributed by atoms with Crippen molar-refractivity contribution in [2.24, 2.45) is 7.05 Å². The summed E-state index contributed by atoms with van der Waals surface area (Å²) in [7, 11) is 1.93. The van der Waals surface area contributed by atoms with Crippen molar-refractivity contribution in [1.82, 2.24) is 14.8 Å². The van der Waals surface area contributed by atoms with Crippen LogP contribution >= 0.6 is 0 Å². The number of carbonyl (C=O) groups excluding carboxylic acids is 1. The SMILES string of the molecule is Cn1c(C(=O)NCCCN2CCC(O)CC2)cc2ccccc21. The zero-order valence-electron chi connectivity index (χ0n) is 13.7. The maximum Gasteiger partial charge on any atom is 0.267 e. The monoisotopic (exact) mass is 315 g/mol. The van der Waals surface area contributed by atoms with Gasteiger partial charge in [-0.1, -0.05) is 18.2 Å². The molecule has 1 aliphatic heterocycles. The molecular weight excluding hydrogens is 290 g/mol. The Bertz CT molecular complexity index is 672. The van der Waals surface area contributed by atoms with Gasteiger partial charge in [-0.2, -0.15) is 0 Å². The molecule has 5 nitrogen and oxygen atoms in total. The smallest absolute Gasteiger partial charge is 0.267 e. The Morgan fingerprint density at radius 2 is 2.04 bits per heavy atom. The highest BCUT2D eigenvalue weighted by molar-refractivity contribution is 5.98. The van der Waals surface area contributed by atoms with Gasteiger partial charge < -0.3 is 19.9 Å². The number of hydrogen-bond acceptors (Lipinski definition) is 3. The molecule has 1 aromatic carbocycles. The fourth-order valence-corrected chi connectivity index (χ4v) is 3.24. The maximum absolute atomic E-state index is 12.4. The Balaban J connectivity index is 1.48. The molecule has 1 saturated heterocycles. The predicted molar refractivity (Wildman–Crippen MR) is 91.6 cm³/mol. The highest BCUT2D eigenvalue weighted by Gasteiger charge is 2.16. The van der Waals surface area contributed by atoms with Gasteiger partial charge in [-0.05, 0) is 37.9 Å². The second-order valence-electron chi connectivity index (χ2n) is 6.33. The molecule has 2 N–H and O–H groups in total. The van der Waals surface area contributed by atoms with Gasteiger partial charge in [0.25, 0.3) is 5.91 Å². The molecule has 5 heteroatoms. The molecule has 1 aromatic heterocycles. The standard InChI is InChI=1S/C18H25N3O2/c1-20-16-6-3-2-5-14(16)13-17(20)18(23)19-9-4-10-21-11-7-15(22)8-12-21/h2-3,5-6,13,15,22H,4,7-12H2,1H3,(H,19,23). The van der Waals surface area contributed by atoms with E-state index in [1.807, 2.05) is 41.9 Å². The number of rotatable bonds is 5. The number of nitrogens with zero attached hydrogens (tertiary/aromatic N) is 2. The van der Waals surface area contributed by atoms with Crippen molar-refractivity contribution in [2.45, 2.75) is 25.4 Å². The zero-order valence-corrected chi connectivity index (χ0v) is 13.7. The Morgan fingerprint density at radius 1 is 1.30 bits per heavy atom. The van der Waals surface area contributed by atoms with Crippen LogP contribution in [0.3, 0.4) is 0 Å². The highest BCUT2D eigenvalue weighted by atomic mass is 16.3. The average molecular weight is 315 g/mol. The van der Waals surface area contributed by atoms with Crippen molar-refractivity contribution >= 4 is 16.8 Å². The van der Waals surface area contributed by atoms with E-state index < -0.39 is 0 Å². The minimum atomic E-state index is -0.127. The lowest BCUT2D eigenvalue weighted by molar-refractivity contribution is 0.0816. The van der Waals surface area contributed by atoms with Gasteiger partial charge in [0.2, 0.25) is 0 Å². The van der Waals surface area contributed by atoms with Gasteiger partial charge >= 0.3 is 0 Å². The van der Waals surface area contributed by atoms with Crippen LogP contribution in [-0.2, 0) is 7.05 Å². The average Bonchev–Trinajstić information content (AvgIpc) is 2.90. The first-order valence-electron chi connectivity index (χ1n) is 8.38. The molecule has 2 aromatic rings. The molecule has 0 bridgehead atoms. The van der Waals surface area contributed by atoms with E-state index in [9.17, 15) is 9.90 Å². The van der Waals surface area contributed by atoms with Crippen molar-refractivity contribution in [1.29, 1.82) is 0 Å². The lowest BCUT2D eigenvalue weighted by Crippen LogP contribution is -2.37. The number of aliphatic hydroxyl groups is 1. The van der Waals surface area contributed by atoms with Crippen LogP contribution < -0.4 is 5.32 Å². The number of para-hydroxylation sites is 1. The minimum absolute atomic E-state index is 0.0160. The highest BCUT2D eigenvalue weighted by Crippen LogP contribution is 2.18. The summed E-state index contributed by atoms with van der Waals surface area (Å²) < 4.78 is 1.94. The van der Waals surface area contributed by atoms with Crippen LogP contribution in [0.15, 0.2) is 30.3 Å². The Kier molecular flexibility index (Phi) is 4.98. The number of fused-ring (bicyclic) bond motifs is 1. The van der Waals surface area contributed by atoms with Crippen LogP contribution in [0.2, 0.25) is 0 Å².